The maximum absolute atomic E-state index is 12.5. The Kier molecular flexibility index (Phi) is 7.28. The van der Waals surface area contributed by atoms with Gasteiger partial charge in [-0.15, -0.1) is 0 Å². The van der Waals surface area contributed by atoms with Crippen LogP contribution in [0.15, 0.2) is 24.4 Å². The lowest BCUT2D eigenvalue weighted by atomic mass is 10.1. The molecule has 1 aliphatic heterocycles. The maximum Gasteiger partial charge on any atom is 0.410 e. The first kappa shape index (κ1) is 25.7. The average Bonchev–Trinajstić information content (AvgIpc) is 3.03. The van der Waals surface area contributed by atoms with Crippen LogP contribution < -0.4 is 4.90 Å². The second kappa shape index (κ2) is 9.36. The fraction of sp³-hybridized carbons (Fsp3) is 0.667. The van der Waals surface area contributed by atoms with Crippen LogP contribution in [0, 0.1) is 6.92 Å². The smallest absolute Gasteiger partial charge is 0.410 e. The average molecular weight is 472 g/mol. The molecule has 1 amide bonds. The number of amides is 1. The van der Waals surface area contributed by atoms with Crippen LogP contribution in [0.2, 0.25) is 16.6 Å². The van der Waals surface area contributed by atoms with Gasteiger partial charge in [-0.1, -0.05) is 47.6 Å². The second-order valence-electron chi connectivity index (χ2n) is 11.7. The zero-order valence-corrected chi connectivity index (χ0v) is 23.5. The molecule has 2 heterocycles. The van der Waals surface area contributed by atoms with Crippen LogP contribution in [0.4, 0.5) is 10.5 Å². The Labute approximate surface area is 202 Å². The van der Waals surface area contributed by atoms with Crippen molar-refractivity contribution in [1.29, 1.82) is 0 Å². The molecule has 33 heavy (non-hydrogen) atoms. The zero-order chi connectivity index (χ0) is 24.7. The van der Waals surface area contributed by atoms with Gasteiger partial charge in [0.05, 0.1) is 0 Å². The fourth-order valence-corrected chi connectivity index (χ4v) is 13.0. The van der Waals surface area contributed by atoms with Crippen LogP contribution >= 0.6 is 0 Å². The van der Waals surface area contributed by atoms with Gasteiger partial charge in [0.15, 0.2) is 8.24 Å². The maximum atomic E-state index is 12.5. The first-order chi connectivity index (χ1) is 15.3. The van der Waals surface area contributed by atoms with E-state index < -0.39 is 13.8 Å². The number of piperazine rings is 1. The van der Waals surface area contributed by atoms with Crippen LogP contribution in [0.25, 0.3) is 10.9 Å². The van der Waals surface area contributed by atoms with Crippen molar-refractivity contribution in [1.82, 2.24) is 9.13 Å². The minimum atomic E-state index is -1.84. The van der Waals surface area contributed by atoms with Gasteiger partial charge in [-0.05, 0) is 68.2 Å². The normalized spacial score (nSPS) is 15.9. The third kappa shape index (κ3) is 4.68. The standard InChI is InChI=1S/C27H45N3O2Si/c1-19(2)33(20(3)4,21(5)6)30-18-22(7)25-23(12-11-13-24(25)30)28-14-16-29(17-15-28)26(31)32-27(8,9)10/h11-13,18-21H,14-17H2,1-10H3. The van der Waals surface area contributed by atoms with Crippen molar-refractivity contribution in [2.45, 2.75) is 91.5 Å². The molecule has 0 aliphatic carbocycles. The van der Waals surface area contributed by atoms with E-state index >= 15 is 0 Å². The molecule has 1 fully saturated rings. The van der Waals surface area contributed by atoms with E-state index in [4.69, 9.17) is 4.74 Å². The molecule has 1 aromatic heterocycles. The summed E-state index contributed by atoms with van der Waals surface area (Å²) in [6.07, 6.45) is 2.24. The highest BCUT2D eigenvalue weighted by Crippen LogP contribution is 2.46. The van der Waals surface area contributed by atoms with E-state index in [1.54, 1.807) is 0 Å². The Morgan fingerprint density at radius 1 is 0.939 bits per heavy atom. The number of carbonyl (C=O) groups is 1. The Balaban J connectivity index is 1.97. The van der Waals surface area contributed by atoms with Crippen LogP contribution in [0.3, 0.4) is 0 Å². The highest BCUT2D eigenvalue weighted by molar-refractivity contribution is 6.82. The van der Waals surface area contributed by atoms with Gasteiger partial charge in [0.25, 0.3) is 0 Å². The molecule has 0 N–H and O–H groups in total. The summed E-state index contributed by atoms with van der Waals surface area (Å²) in [5, 5.41) is 1.38. The molecule has 2 aromatic rings. The number of anilines is 1. The third-order valence-electron chi connectivity index (χ3n) is 7.46. The molecule has 1 saturated heterocycles. The summed E-state index contributed by atoms with van der Waals surface area (Å²) in [6.45, 7) is 25.6. The van der Waals surface area contributed by atoms with Gasteiger partial charge in [-0.25, -0.2) is 4.79 Å². The van der Waals surface area contributed by atoms with Gasteiger partial charge in [0.2, 0.25) is 0 Å². The van der Waals surface area contributed by atoms with E-state index in [1.165, 1.54) is 22.2 Å². The van der Waals surface area contributed by atoms with Crippen LogP contribution in [-0.2, 0) is 4.74 Å². The summed E-state index contributed by atoms with van der Waals surface area (Å²) < 4.78 is 8.31. The van der Waals surface area contributed by atoms with Crippen molar-refractivity contribution in [3.8, 4) is 0 Å². The number of benzene rings is 1. The Morgan fingerprint density at radius 3 is 1.97 bits per heavy atom. The molecule has 0 bridgehead atoms. The number of rotatable bonds is 5. The summed E-state index contributed by atoms with van der Waals surface area (Å²) in [7, 11) is -1.84. The van der Waals surface area contributed by atoms with Gasteiger partial charge in [0, 0.05) is 42.8 Å². The minimum absolute atomic E-state index is 0.204. The van der Waals surface area contributed by atoms with E-state index in [1.807, 2.05) is 25.7 Å². The van der Waals surface area contributed by atoms with Crippen molar-refractivity contribution in [3.05, 3.63) is 30.0 Å². The number of hydrogen-bond acceptors (Lipinski definition) is 3. The summed E-state index contributed by atoms with van der Waals surface area (Å²) in [6, 6.07) is 6.79. The second-order valence-corrected chi connectivity index (χ2v) is 17.4. The molecule has 0 atom stereocenters. The summed E-state index contributed by atoms with van der Waals surface area (Å²) >= 11 is 0. The quantitative estimate of drug-likeness (QED) is 0.439. The first-order valence-corrected chi connectivity index (χ1v) is 14.8. The van der Waals surface area contributed by atoms with Gasteiger partial charge in [-0.3, -0.25) is 0 Å². The van der Waals surface area contributed by atoms with Crippen molar-refractivity contribution < 1.29 is 9.53 Å². The Morgan fingerprint density at radius 2 is 1.48 bits per heavy atom. The summed E-state index contributed by atoms with van der Waals surface area (Å²) in [5.74, 6) is 0. The first-order valence-electron chi connectivity index (χ1n) is 12.6. The predicted molar refractivity (Wildman–Crippen MR) is 143 cm³/mol. The highest BCUT2D eigenvalue weighted by Gasteiger charge is 2.46. The molecule has 3 rings (SSSR count). The number of fused-ring (bicyclic) bond motifs is 1. The molecule has 0 radical (unpaired) electrons. The fourth-order valence-electron chi connectivity index (χ4n) is 6.34. The van der Waals surface area contributed by atoms with Crippen LogP contribution in [0.5, 0.6) is 0 Å². The van der Waals surface area contributed by atoms with Crippen molar-refractivity contribution in [2.75, 3.05) is 31.1 Å². The van der Waals surface area contributed by atoms with Gasteiger partial charge >= 0.3 is 6.09 Å². The van der Waals surface area contributed by atoms with E-state index in [0.717, 1.165) is 13.1 Å². The van der Waals surface area contributed by atoms with Gasteiger partial charge < -0.3 is 18.8 Å². The van der Waals surface area contributed by atoms with E-state index in [2.05, 4.69) is 82.0 Å². The molecule has 0 spiro atoms. The van der Waals surface area contributed by atoms with E-state index in [-0.39, 0.29) is 6.09 Å². The summed E-state index contributed by atoms with van der Waals surface area (Å²) in [5.41, 5.74) is 5.51. The zero-order valence-electron chi connectivity index (χ0n) is 22.5. The van der Waals surface area contributed by atoms with E-state index in [0.29, 0.717) is 29.7 Å². The lowest BCUT2D eigenvalue weighted by Crippen LogP contribution is -2.51. The SMILES string of the molecule is Cc1cn([Si](C(C)C)(C(C)C)C(C)C)c2cccc(N3CCN(C(=O)OC(C)(C)C)CC3)c12. The Hall–Kier alpha value is -1.95. The van der Waals surface area contributed by atoms with E-state index in [9.17, 15) is 4.79 Å². The van der Waals surface area contributed by atoms with Crippen molar-refractivity contribution >= 4 is 30.9 Å². The lowest BCUT2D eigenvalue weighted by molar-refractivity contribution is 0.0240. The number of ether oxygens (including phenoxy) is 1. The number of carbonyl (C=O) groups excluding carboxylic acids is 1. The van der Waals surface area contributed by atoms with Crippen LogP contribution in [0.1, 0.15) is 67.9 Å². The molecule has 184 valence electrons. The molecule has 6 heteroatoms. The monoisotopic (exact) mass is 471 g/mol. The molecule has 5 nitrogen and oxygen atoms in total. The number of aryl methyl sites for hydroxylation is 1. The molecule has 0 unspecified atom stereocenters. The molecule has 1 aromatic carbocycles. The molecular formula is C27H45N3O2Si. The lowest BCUT2D eigenvalue weighted by Gasteiger charge is -2.44. The van der Waals surface area contributed by atoms with Crippen molar-refractivity contribution in [3.63, 3.8) is 0 Å². The molecule has 1 aliphatic rings. The number of nitrogens with zero attached hydrogens (tertiary/aromatic N) is 3. The minimum Gasteiger partial charge on any atom is -0.444 e. The molecular weight excluding hydrogens is 426 g/mol. The Bertz CT molecular complexity index is 957. The van der Waals surface area contributed by atoms with Crippen molar-refractivity contribution in [2.24, 2.45) is 0 Å². The number of hydrogen-bond donors (Lipinski definition) is 0. The predicted octanol–water partition coefficient (Wildman–Crippen LogP) is 7.03. The largest absolute Gasteiger partial charge is 0.444 e. The highest BCUT2D eigenvalue weighted by atomic mass is 28.3. The van der Waals surface area contributed by atoms with Crippen LogP contribution in [-0.4, -0.2) is 55.2 Å². The molecule has 0 saturated carbocycles. The van der Waals surface area contributed by atoms with Gasteiger partial charge in [-0.2, -0.15) is 0 Å². The van der Waals surface area contributed by atoms with Gasteiger partial charge in [0.1, 0.15) is 5.60 Å². The summed E-state index contributed by atoms with van der Waals surface area (Å²) in [4.78, 5) is 16.8. The number of aromatic nitrogens is 1. The topological polar surface area (TPSA) is 37.7 Å². The third-order valence-corrected chi connectivity index (χ3v) is 14.2.